The summed E-state index contributed by atoms with van der Waals surface area (Å²) in [6.45, 7) is 1.11. The normalized spacial score (nSPS) is 19.8. The van der Waals surface area contributed by atoms with Crippen LogP contribution in [0.25, 0.3) is 0 Å². The fourth-order valence-electron chi connectivity index (χ4n) is 2.22. The number of phenolic OH excluding ortho intramolecular Hbond substituents is 2. The van der Waals surface area contributed by atoms with Crippen LogP contribution in [0.5, 0.6) is 11.5 Å². The van der Waals surface area contributed by atoms with Gasteiger partial charge in [-0.15, -0.1) is 0 Å². The van der Waals surface area contributed by atoms with Crippen molar-refractivity contribution in [3.05, 3.63) is 23.8 Å². The minimum Gasteiger partial charge on any atom is -0.507 e. The first-order valence-corrected chi connectivity index (χ1v) is 5.96. The van der Waals surface area contributed by atoms with Crippen molar-refractivity contribution in [2.45, 2.75) is 18.9 Å². The molecule has 1 aliphatic heterocycles. The van der Waals surface area contributed by atoms with Gasteiger partial charge in [0, 0.05) is 20.2 Å². The third-order valence-corrected chi connectivity index (χ3v) is 3.23. The molecule has 1 aliphatic rings. The van der Waals surface area contributed by atoms with Crippen molar-refractivity contribution in [3.8, 4) is 11.5 Å². The van der Waals surface area contributed by atoms with E-state index in [9.17, 15) is 15.0 Å². The summed E-state index contributed by atoms with van der Waals surface area (Å²) in [5.74, 6) is -0.744. The topological polar surface area (TPSA) is 70.0 Å². The van der Waals surface area contributed by atoms with E-state index in [-0.39, 0.29) is 29.1 Å². The molecule has 5 nitrogen and oxygen atoms in total. The van der Waals surface area contributed by atoms with Crippen LogP contribution in [0.4, 0.5) is 0 Å². The van der Waals surface area contributed by atoms with E-state index in [1.54, 1.807) is 12.0 Å². The van der Waals surface area contributed by atoms with E-state index < -0.39 is 0 Å². The lowest BCUT2D eigenvalue weighted by atomic mass is 10.1. The van der Waals surface area contributed by atoms with Crippen molar-refractivity contribution >= 4 is 5.91 Å². The van der Waals surface area contributed by atoms with Gasteiger partial charge in [0.1, 0.15) is 17.1 Å². The van der Waals surface area contributed by atoms with E-state index in [0.717, 1.165) is 12.8 Å². The molecule has 18 heavy (non-hydrogen) atoms. The number of nitrogens with zero attached hydrogens (tertiary/aromatic N) is 1. The number of carbonyl (C=O) groups excluding carboxylic acids is 1. The van der Waals surface area contributed by atoms with E-state index in [1.807, 2.05) is 0 Å². The highest BCUT2D eigenvalue weighted by Crippen LogP contribution is 2.28. The van der Waals surface area contributed by atoms with Gasteiger partial charge < -0.3 is 19.8 Å². The number of benzene rings is 1. The van der Waals surface area contributed by atoms with E-state index in [2.05, 4.69) is 0 Å². The second kappa shape index (κ2) is 5.27. The molecular formula is C13H17NO4. The molecule has 0 spiro atoms. The maximum absolute atomic E-state index is 12.3. The van der Waals surface area contributed by atoms with Crippen LogP contribution in [0.15, 0.2) is 18.2 Å². The quantitative estimate of drug-likeness (QED) is 0.832. The van der Waals surface area contributed by atoms with Gasteiger partial charge in [-0.1, -0.05) is 6.07 Å². The average Bonchev–Trinajstić information content (AvgIpc) is 2.38. The lowest BCUT2D eigenvalue weighted by Gasteiger charge is -2.32. The monoisotopic (exact) mass is 251 g/mol. The smallest absolute Gasteiger partial charge is 0.261 e. The zero-order valence-electron chi connectivity index (χ0n) is 10.3. The minimum atomic E-state index is -0.354. The number of likely N-dealkylation sites (tertiary alicyclic amines) is 1. The van der Waals surface area contributed by atoms with Crippen LogP contribution >= 0.6 is 0 Å². The van der Waals surface area contributed by atoms with Crippen LogP contribution in [0, 0.1) is 0 Å². The Morgan fingerprint density at radius 2 is 2.06 bits per heavy atom. The number of phenols is 2. The summed E-state index contributed by atoms with van der Waals surface area (Å²) in [7, 11) is 1.62. The molecule has 2 rings (SSSR count). The van der Waals surface area contributed by atoms with Crippen LogP contribution in [0.3, 0.4) is 0 Å². The number of hydrogen-bond acceptors (Lipinski definition) is 4. The van der Waals surface area contributed by atoms with Crippen LogP contribution in [-0.4, -0.2) is 47.3 Å². The first-order chi connectivity index (χ1) is 8.63. The molecule has 0 aromatic heterocycles. The van der Waals surface area contributed by atoms with Gasteiger partial charge in [-0.25, -0.2) is 0 Å². The highest BCUT2D eigenvalue weighted by molar-refractivity contribution is 5.99. The molecule has 1 atom stereocenters. The Hall–Kier alpha value is -1.75. The van der Waals surface area contributed by atoms with Gasteiger partial charge in [0.15, 0.2) is 0 Å². The highest BCUT2D eigenvalue weighted by Gasteiger charge is 2.27. The summed E-state index contributed by atoms with van der Waals surface area (Å²) in [6.07, 6.45) is 1.81. The second-order valence-electron chi connectivity index (χ2n) is 4.42. The number of methoxy groups -OCH3 is 1. The Bertz CT molecular complexity index is 426. The average molecular weight is 251 g/mol. The summed E-state index contributed by atoms with van der Waals surface area (Å²) in [4.78, 5) is 13.9. The van der Waals surface area contributed by atoms with Gasteiger partial charge in [-0.3, -0.25) is 4.79 Å². The largest absolute Gasteiger partial charge is 0.507 e. The van der Waals surface area contributed by atoms with Crippen LogP contribution in [0.2, 0.25) is 0 Å². The molecule has 2 N–H and O–H groups in total. The molecule has 1 saturated heterocycles. The zero-order valence-corrected chi connectivity index (χ0v) is 10.3. The first-order valence-electron chi connectivity index (χ1n) is 5.96. The Morgan fingerprint density at radius 3 is 2.67 bits per heavy atom. The molecule has 1 unspecified atom stereocenters. The van der Waals surface area contributed by atoms with Gasteiger partial charge >= 0.3 is 0 Å². The Kier molecular flexibility index (Phi) is 3.72. The summed E-state index contributed by atoms with van der Waals surface area (Å²) < 4.78 is 5.25. The number of hydrogen-bond donors (Lipinski definition) is 2. The summed E-state index contributed by atoms with van der Waals surface area (Å²) >= 11 is 0. The molecule has 1 amide bonds. The lowest BCUT2D eigenvalue weighted by Crippen LogP contribution is -2.42. The number of amides is 1. The van der Waals surface area contributed by atoms with Crippen molar-refractivity contribution in [3.63, 3.8) is 0 Å². The predicted molar refractivity (Wildman–Crippen MR) is 65.7 cm³/mol. The molecule has 5 heteroatoms. The summed E-state index contributed by atoms with van der Waals surface area (Å²) in [5.41, 5.74) is -0.0331. The second-order valence-corrected chi connectivity index (χ2v) is 4.42. The zero-order chi connectivity index (χ0) is 13.1. The van der Waals surface area contributed by atoms with Gasteiger partial charge in [0.2, 0.25) is 0 Å². The van der Waals surface area contributed by atoms with E-state index >= 15 is 0 Å². The highest BCUT2D eigenvalue weighted by atomic mass is 16.5. The molecule has 0 saturated carbocycles. The van der Waals surface area contributed by atoms with E-state index in [4.69, 9.17) is 4.74 Å². The Balaban J connectivity index is 2.20. The van der Waals surface area contributed by atoms with Crippen LogP contribution in [-0.2, 0) is 4.74 Å². The minimum absolute atomic E-state index is 0.0238. The third-order valence-electron chi connectivity index (χ3n) is 3.23. The van der Waals surface area contributed by atoms with Gasteiger partial charge in [-0.05, 0) is 25.0 Å². The molecule has 0 aliphatic carbocycles. The van der Waals surface area contributed by atoms with Crippen molar-refractivity contribution in [2.24, 2.45) is 0 Å². The number of aromatic hydroxyl groups is 2. The maximum Gasteiger partial charge on any atom is 0.261 e. The maximum atomic E-state index is 12.3. The molecule has 0 bridgehead atoms. The van der Waals surface area contributed by atoms with Crippen molar-refractivity contribution in [1.29, 1.82) is 0 Å². The SMILES string of the molecule is COC1CCCN(C(=O)c2c(O)cccc2O)C1. The fourth-order valence-corrected chi connectivity index (χ4v) is 2.22. The molecule has 0 radical (unpaired) electrons. The van der Waals surface area contributed by atoms with Crippen LogP contribution < -0.4 is 0 Å². The number of carbonyl (C=O) groups is 1. The molecular weight excluding hydrogens is 234 g/mol. The van der Waals surface area contributed by atoms with Crippen molar-refractivity contribution in [1.82, 2.24) is 4.90 Å². The fraction of sp³-hybridized carbons (Fsp3) is 0.462. The first kappa shape index (κ1) is 12.7. The standard InChI is InChI=1S/C13H17NO4/c1-18-9-4-3-7-14(8-9)13(17)12-10(15)5-2-6-11(12)16/h2,5-6,9,15-16H,3-4,7-8H2,1H3. The van der Waals surface area contributed by atoms with E-state index in [1.165, 1.54) is 18.2 Å². The van der Waals surface area contributed by atoms with E-state index in [0.29, 0.717) is 13.1 Å². The van der Waals surface area contributed by atoms with Crippen LogP contribution in [0.1, 0.15) is 23.2 Å². The van der Waals surface area contributed by atoms with Gasteiger partial charge in [0.05, 0.1) is 6.10 Å². The molecule has 1 aromatic carbocycles. The number of ether oxygens (including phenoxy) is 1. The Labute approximate surface area is 106 Å². The summed E-state index contributed by atoms with van der Waals surface area (Å²) in [6, 6.07) is 4.28. The predicted octanol–water partition coefficient (Wildman–Crippen LogP) is 1.35. The molecule has 1 aromatic rings. The molecule has 1 heterocycles. The Morgan fingerprint density at radius 1 is 1.39 bits per heavy atom. The number of rotatable bonds is 2. The third kappa shape index (κ3) is 2.41. The lowest BCUT2D eigenvalue weighted by molar-refractivity contribution is 0.0265. The van der Waals surface area contributed by atoms with Crippen molar-refractivity contribution in [2.75, 3.05) is 20.2 Å². The number of piperidine rings is 1. The molecule has 98 valence electrons. The summed E-state index contributed by atoms with van der Waals surface area (Å²) in [5, 5.41) is 19.4. The molecule has 1 fully saturated rings. The van der Waals surface area contributed by atoms with Gasteiger partial charge in [-0.2, -0.15) is 0 Å². The van der Waals surface area contributed by atoms with Gasteiger partial charge in [0.25, 0.3) is 5.91 Å². The van der Waals surface area contributed by atoms with Crippen molar-refractivity contribution < 1.29 is 19.7 Å².